The first-order valence-corrected chi connectivity index (χ1v) is 32.2. The molecule has 0 heterocycles. The molecule has 0 rings (SSSR count). The minimum atomic E-state index is -4.38. The summed E-state index contributed by atoms with van der Waals surface area (Å²) in [5, 5.41) is 0. The number of esters is 2. The van der Waals surface area contributed by atoms with Crippen molar-refractivity contribution < 1.29 is 42.1 Å². The molecule has 0 spiro atoms. The summed E-state index contributed by atoms with van der Waals surface area (Å²) in [5.41, 5.74) is 0. The Balaban J connectivity index is 3.99. The van der Waals surface area contributed by atoms with Gasteiger partial charge in [-0.3, -0.25) is 18.6 Å². The first-order chi connectivity index (χ1) is 35.0. The van der Waals surface area contributed by atoms with E-state index < -0.39 is 26.5 Å². The summed E-state index contributed by atoms with van der Waals surface area (Å²) >= 11 is 0. The molecule has 0 aliphatic rings. The fraction of sp³-hybridized carbons (Fsp3) is 0.871. The molecule has 0 saturated carbocycles. The lowest BCUT2D eigenvalue weighted by Gasteiger charge is -2.24. The van der Waals surface area contributed by atoms with Crippen molar-refractivity contribution in [2.45, 2.75) is 302 Å². The summed E-state index contributed by atoms with van der Waals surface area (Å²) in [6.07, 6.45) is 66.6. The average molecular weight is 1040 g/mol. The van der Waals surface area contributed by atoms with Crippen molar-refractivity contribution in [2.24, 2.45) is 0 Å². The Morgan fingerprint density at radius 3 is 1.11 bits per heavy atom. The minimum absolute atomic E-state index is 0.0324. The molecule has 2 unspecified atom stereocenters. The SMILES string of the molecule is CCCCCCC/C=C\C/C=C\CCCCCCCCCCCCCCCCCCCCCCCC(=O)OC(COC(=O)CCCCCCC/C=C\CCCCCCCC)COP(=O)(O)OCC[N+](C)(C)C. The van der Waals surface area contributed by atoms with Crippen molar-refractivity contribution in [2.75, 3.05) is 47.5 Å². The van der Waals surface area contributed by atoms with E-state index in [0.717, 1.165) is 57.8 Å². The third kappa shape index (κ3) is 57.5. The maximum Gasteiger partial charge on any atom is 0.472 e. The van der Waals surface area contributed by atoms with E-state index in [-0.39, 0.29) is 32.0 Å². The topological polar surface area (TPSA) is 108 Å². The summed E-state index contributed by atoms with van der Waals surface area (Å²) in [4.78, 5) is 35.7. The first-order valence-electron chi connectivity index (χ1n) is 30.7. The molecule has 0 saturated heterocycles. The van der Waals surface area contributed by atoms with Crippen LogP contribution in [0, 0.1) is 0 Å². The molecule has 0 aliphatic carbocycles. The number of carbonyl (C=O) groups excluding carboxylic acids is 2. The maximum absolute atomic E-state index is 12.8. The van der Waals surface area contributed by atoms with Crippen molar-refractivity contribution in [3.8, 4) is 0 Å². The number of allylic oxidation sites excluding steroid dienone is 6. The van der Waals surface area contributed by atoms with Crippen molar-refractivity contribution in [3.63, 3.8) is 0 Å². The minimum Gasteiger partial charge on any atom is -0.462 e. The van der Waals surface area contributed by atoms with E-state index in [4.69, 9.17) is 18.5 Å². The monoisotopic (exact) mass is 1040 g/mol. The molecule has 0 aromatic carbocycles. The van der Waals surface area contributed by atoms with Crippen molar-refractivity contribution in [3.05, 3.63) is 36.5 Å². The molecule has 0 amide bonds. The van der Waals surface area contributed by atoms with E-state index in [0.29, 0.717) is 17.4 Å². The van der Waals surface area contributed by atoms with Gasteiger partial charge in [-0.2, -0.15) is 0 Å². The zero-order chi connectivity index (χ0) is 52.7. The molecule has 0 aromatic heterocycles. The van der Waals surface area contributed by atoms with Crippen molar-refractivity contribution in [1.82, 2.24) is 0 Å². The van der Waals surface area contributed by atoms with Crippen LogP contribution in [0.1, 0.15) is 296 Å². The Morgan fingerprint density at radius 2 is 0.750 bits per heavy atom. The summed E-state index contributed by atoms with van der Waals surface area (Å²) < 4.78 is 34.6. The van der Waals surface area contributed by atoms with Gasteiger partial charge in [-0.15, -0.1) is 0 Å². The highest BCUT2D eigenvalue weighted by Crippen LogP contribution is 2.43. The van der Waals surface area contributed by atoms with Gasteiger partial charge < -0.3 is 18.9 Å². The molecular formula is C62H119NO8P+. The summed E-state index contributed by atoms with van der Waals surface area (Å²) in [7, 11) is 1.49. The van der Waals surface area contributed by atoms with Crippen LogP contribution in [-0.4, -0.2) is 74.9 Å². The van der Waals surface area contributed by atoms with Gasteiger partial charge in [-0.25, -0.2) is 4.57 Å². The van der Waals surface area contributed by atoms with Crippen LogP contribution in [0.25, 0.3) is 0 Å². The number of hydrogen-bond acceptors (Lipinski definition) is 7. The molecular weight excluding hydrogens is 918 g/mol. The normalized spacial score (nSPS) is 13.5. The molecule has 1 N–H and O–H groups in total. The van der Waals surface area contributed by atoms with Crippen LogP contribution in [0.4, 0.5) is 0 Å². The van der Waals surface area contributed by atoms with Crippen LogP contribution >= 0.6 is 7.82 Å². The predicted octanol–water partition coefficient (Wildman–Crippen LogP) is 19.2. The number of hydrogen-bond donors (Lipinski definition) is 1. The van der Waals surface area contributed by atoms with E-state index in [9.17, 15) is 19.0 Å². The lowest BCUT2D eigenvalue weighted by Crippen LogP contribution is -2.37. The molecule has 0 bridgehead atoms. The highest BCUT2D eigenvalue weighted by molar-refractivity contribution is 7.47. The second kappa shape index (κ2) is 54.0. The second-order valence-corrected chi connectivity index (χ2v) is 23.5. The zero-order valence-corrected chi connectivity index (χ0v) is 49.1. The number of nitrogens with zero attached hydrogens (tertiary/aromatic N) is 1. The van der Waals surface area contributed by atoms with Gasteiger partial charge in [0.2, 0.25) is 0 Å². The summed E-state index contributed by atoms with van der Waals surface area (Å²) in [6, 6.07) is 0. The van der Waals surface area contributed by atoms with E-state index in [2.05, 4.69) is 50.3 Å². The number of phosphoric ester groups is 1. The van der Waals surface area contributed by atoms with Crippen LogP contribution in [-0.2, 0) is 32.7 Å². The van der Waals surface area contributed by atoms with Crippen LogP contribution in [0.15, 0.2) is 36.5 Å². The lowest BCUT2D eigenvalue weighted by molar-refractivity contribution is -0.870. The second-order valence-electron chi connectivity index (χ2n) is 22.1. The summed E-state index contributed by atoms with van der Waals surface area (Å²) in [5.74, 6) is -0.794. The van der Waals surface area contributed by atoms with Crippen LogP contribution in [0.2, 0.25) is 0 Å². The van der Waals surface area contributed by atoms with E-state index in [1.165, 1.54) is 205 Å². The molecule has 9 nitrogen and oxygen atoms in total. The van der Waals surface area contributed by atoms with Crippen LogP contribution in [0.3, 0.4) is 0 Å². The van der Waals surface area contributed by atoms with Gasteiger partial charge in [0.25, 0.3) is 0 Å². The Kier molecular flexibility index (Phi) is 52.7. The first kappa shape index (κ1) is 70.2. The maximum atomic E-state index is 12.8. The van der Waals surface area contributed by atoms with Gasteiger partial charge in [0.1, 0.15) is 19.8 Å². The van der Waals surface area contributed by atoms with E-state index >= 15 is 0 Å². The number of quaternary nitrogens is 1. The highest BCUT2D eigenvalue weighted by atomic mass is 31.2. The van der Waals surface area contributed by atoms with Gasteiger partial charge >= 0.3 is 19.8 Å². The number of phosphoric acid groups is 1. The van der Waals surface area contributed by atoms with Gasteiger partial charge in [0, 0.05) is 12.8 Å². The number of unbranched alkanes of at least 4 members (excludes halogenated alkanes) is 37. The number of ether oxygens (including phenoxy) is 2. The van der Waals surface area contributed by atoms with E-state index in [1.807, 2.05) is 21.1 Å². The highest BCUT2D eigenvalue weighted by Gasteiger charge is 2.27. The molecule has 0 aromatic rings. The number of likely N-dealkylation sites (N-methyl/N-ethyl adjacent to an activating group) is 1. The molecule has 0 radical (unpaired) electrons. The van der Waals surface area contributed by atoms with Crippen molar-refractivity contribution >= 4 is 19.8 Å². The van der Waals surface area contributed by atoms with Gasteiger partial charge in [-0.1, -0.05) is 249 Å². The Morgan fingerprint density at radius 1 is 0.431 bits per heavy atom. The zero-order valence-electron chi connectivity index (χ0n) is 48.2. The predicted molar refractivity (Wildman–Crippen MR) is 307 cm³/mol. The standard InChI is InChI=1S/C62H118NO8P/c1-6-8-10-12-14-16-18-20-22-23-24-25-26-27-28-29-30-31-32-33-34-35-36-37-38-39-41-43-45-47-49-51-53-55-62(65)71-60(59-70-72(66,67)69-57-56-63(3,4)5)58-68-61(64)54-52-50-48-46-44-42-40-21-19-17-15-13-11-9-7-2/h18,20-21,23-24,40,60H,6-17,19,22,25-39,41-59H2,1-5H3/p+1/b20-18-,24-23-,40-21-. The fourth-order valence-electron chi connectivity index (χ4n) is 8.87. The Hall–Kier alpha value is -1.77. The molecule has 424 valence electrons. The quantitative estimate of drug-likeness (QED) is 0.0211. The lowest BCUT2D eigenvalue weighted by atomic mass is 10.0. The van der Waals surface area contributed by atoms with Gasteiger partial charge in [0.15, 0.2) is 6.10 Å². The molecule has 10 heteroatoms. The third-order valence-electron chi connectivity index (χ3n) is 13.6. The number of carbonyl (C=O) groups is 2. The van der Waals surface area contributed by atoms with Gasteiger partial charge in [-0.05, 0) is 70.6 Å². The molecule has 2 atom stereocenters. The molecule has 0 fully saturated rings. The smallest absolute Gasteiger partial charge is 0.462 e. The summed E-state index contributed by atoms with van der Waals surface area (Å²) in [6.45, 7) is 4.45. The van der Waals surface area contributed by atoms with E-state index in [1.54, 1.807) is 0 Å². The Bertz CT molecular complexity index is 1310. The molecule has 72 heavy (non-hydrogen) atoms. The number of rotatable bonds is 57. The third-order valence-corrected chi connectivity index (χ3v) is 14.6. The largest absolute Gasteiger partial charge is 0.472 e. The average Bonchev–Trinajstić information content (AvgIpc) is 3.34. The Labute approximate surface area is 446 Å². The molecule has 0 aliphatic heterocycles. The van der Waals surface area contributed by atoms with Crippen molar-refractivity contribution in [1.29, 1.82) is 0 Å². The fourth-order valence-corrected chi connectivity index (χ4v) is 9.61. The van der Waals surface area contributed by atoms with Crippen LogP contribution < -0.4 is 0 Å². The van der Waals surface area contributed by atoms with Crippen LogP contribution in [0.5, 0.6) is 0 Å². The van der Waals surface area contributed by atoms with Gasteiger partial charge in [0.05, 0.1) is 27.7 Å².